The Bertz CT molecular complexity index is 688. The molecule has 0 saturated carbocycles. The standard InChI is InChI=1S/C13H7Cl4NO2/c14-7-3-9(12(17)10(16)4-7)13-6(2-11(19)20)1-8(15)5-18-13/h1,3-5H,2H2,(H,19,20). The Hall–Kier alpha value is -1.000. The van der Waals surface area contributed by atoms with Gasteiger partial charge in [0.15, 0.2) is 0 Å². The first-order chi connectivity index (χ1) is 9.38. The molecule has 104 valence electrons. The normalized spacial score (nSPS) is 10.6. The van der Waals surface area contributed by atoms with Crippen molar-refractivity contribution in [1.82, 2.24) is 4.98 Å². The first-order valence-electron chi connectivity index (χ1n) is 5.39. The van der Waals surface area contributed by atoms with Gasteiger partial charge in [-0.05, 0) is 23.8 Å². The Kier molecular flexibility index (Phi) is 4.76. The van der Waals surface area contributed by atoms with E-state index in [1.54, 1.807) is 6.07 Å². The van der Waals surface area contributed by atoms with Gasteiger partial charge in [-0.15, -0.1) is 0 Å². The second-order valence-corrected chi connectivity index (χ2v) is 5.64. The van der Waals surface area contributed by atoms with Gasteiger partial charge in [-0.1, -0.05) is 46.4 Å². The number of halogens is 4. The topological polar surface area (TPSA) is 50.2 Å². The molecule has 0 unspecified atom stereocenters. The molecule has 2 rings (SSSR count). The highest BCUT2D eigenvalue weighted by molar-refractivity contribution is 6.45. The Morgan fingerprint density at radius 2 is 1.80 bits per heavy atom. The molecular formula is C13H7Cl4NO2. The molecule has 1 heterocycles. The number of rotatable bonds is 3. The quantitative estimate of drug-likeness (QED) is 0.793. The van der Waals surface area contributed by atoms with Crippen molar-refractivity contribution in [3.63, 3.8) is 0 Å². The predicted octanol–water partition coefficient (Wildman–Crippen LogP) is 4.99. The van der Waals surface area contributed by atoms with Gasteiger partial charge in [0, 0.05) is 16.8 Å². The lowest BCUT2D eigenvalue weighted by Crippen LogP contribution is -2.03. The largest absolute Gasteiger partial charge is 0.481 e. The first-order valence-corrected chi connectivity index (χ1v) is 6.91. The van der Waals surface area contributed by atoms with Crippen LogP contribution >= 0.6 is 46.4 Å². The van der Waals surface area contributed by atoms with Crippen LogP contribution < -0.4 is 0 Å². The number of aromatic nitrogens is 1. The van der Waals surface area contributed by atoms with Crippen molar-refractivity contribution in [2.45, 2.75) is 6.42 Å². The Balaban J connectivity index is 2.66. The summed E-state index contributed by atoms with van der Waals surface area (Å²) in [4.78, 5) is 15.1. The number of carboxylic acid groups (broad SMARTS) is 1. The number of hydrogen-bond acceptors (Lipinski definition) is 2. The van der Waals surface area contributed by atoms with Crippen LogP contribution in [0.25, 0.3) is 11.3 Å². The third-order valence-electron chi connectivity index (χ3n) is 2.52. The third-order valence-corrected chi connectivity index (χ3v) is 3.75. The second kappa shape index (κ2) is 6.19. The molecule has 0 aliphatic carbocycles. The summed E-state index contributed by atoms with van der Waals surface area (Å²) in [5, 5.41) is 10.2. The molecule has 0 radical (unpaired) electrons. The van der Waals surface area contributed by atoms with Crippen LogP contribution in [0, 0.1) is 0 Å². The van der Waals surface area contributed by atoms with E-state index in [4.69, 9.17) is 51.5 Å². The van der Waals surface area contributed by atoms with Crippen molar-refractivity contribution in [1.29, 1.82) is 0 Å². The molecule has 1 aromatic carbocycles. The Morgan fingerprint density at radius 3 is 2.45 bits per heavy atom. The monoisotopic (exact) mass is 349 g/mol. The van der Waals surface area contributed by atoms with Gasteiger partial charge in [0.25, 0.3) is 0 Å². The van der Waals surface area contributed by atoms with Gasteiger partial charge in [0.05, 0.1) is 27.2 Å². The zero-order chi connectivity index (χ0) is 14.9. The lowest BCUT2D eigenvalue weighted by molar-refractivity contribution is -0.136. The summed E-state index contributed by atoms with van der Waals surface area (Å²) in [6.07, 6.45) is 1.18. The van der Waals surface area contributed by atoms with Gasteiger partial charge in [-0.25, -0.2) is 0 Å². The second-order valence-electron chi connectivity index (χ2n) is 3.98. The van der Waals surface area contributed by atoms with Gasteiger partial charge in [-0.3, -0.25) is 9.78 Å². The van der Waals surface area contributed by atoms with E-state index in [2.05, 4.69) is 4.98 Å². The molecule has 3 nitrogen and oxygen atoms in total. The van der Waals surface area contributed by atoms with Crippen LogP contribution in [0.4, 0.5) is 0 Å². The van der Waals surface area contributed by atoms with Crippen molar-refractivity contribution in [3.8, 4) is 11.3 Å². The van der Waals surface area contributed by atoms with E-state index < -0.39 is 5.97 Å². The molecule has 1 aromatic heterocycles. The lowest BCUT2D eigenvalue weighted by atomic mass is 10.0. The van der Waals surface area contributed by atoms with E-state index in [1.807, 2.05) is 0 Å². The molecule has 0 spiro atoms. The number of aliphatic carboxylic acids is 1. The van der Waals surface area contributed by atoms with E-state index in [0.29, 0.717) is 26.9 Å². The molecule has 0 saturated heterocycles. The fourth-order valence-electron chi connectivity index (χ4n) is 1.75. The molecule has 0 fully saturated rings. The SMILES string of the molecule is O=C(O)Cc1cc(Cl)cnc1-c1cc(Cl)cc(Cl)c1Cl. The number of pyridine rings is 1. The molecule has 0 bridgehead atoms. The maximum absolute atomic E-state index is 10.9. The van der Waals surface area contributed by atoms with Crippen LogP contribution in [-0.4, -0.2) is 16.1 Å². The van der Waals surface area contributed by atoms with Crippen LogP contribution in [0.5, 0.6) is 0 Å². The van der Waals surface area contributed by atoms with Crippen LogP contribution in [0.2, 0.25) is 20.1 Å². The Morgan fingerprint density at radius 1 is 1.10 bits per heavy atom. The molecule has 2 aromatic rings. The molecule has 0 atom stereocenters. The van der Waals surface area contributed by atoms with Gasteiger partial charge >= 0.3 is 5.97 Å². The summed E-state index contributed by atoms with van der Waals surface area (Å²) < 4.78 is 0. The van der Waals surface area contributed by atoms with Crippen LogP contribution in [0.3, 0.4) is 0 Å². The van der Waals surface area contributed by atoms with Crippen molar-refractivity contribution >= 4 is 52.4 Å². The molecule has 0 aliphatic rings. The van der Waals surface area contributed by atoms with Crippen molar-refractivity contribution in [2.24, 2.45) is 0 Å². The van der Waals surface area contributed by atoms with Gasteiger partial charge < -0.3 is 5.11 Å². The maximum Gasteiger partial charge on any atom is 0.307 e. The summed E-state index contributed by atoms with van der Waals surface area (Å²) in [6, 6.07) is 4.61. The number of benzene rings is 1. The number of carboxylic acids is 1. The fourth-order valence-corrected chi connectivity index (χ4v) is 2.62. The highest BCUT2D eigenvalue weighted by Gasteiger charge is 2.16. The van der Waals surface area contributed by atoms with E-state index in [0.717, 1.165) is 0 Å². The number of carbonyl (C=O) groups is 1. The van der Waals surface area contributed by atoms with Gasteiger partial charge in [0.1, 0.15) is 0 Å². The van der Waals surface area contributed by atoms with E-state index in [1.165, 1.54) is 18.3 Å². The highest BCUT2D eigenvalue weighted by atomic mass is 35.5. The molecule has 0 amide bonds. The lowest BCUT2D eigenvalue weighted by Gasteiger charge is -2.11. The van der Waals surface area contributed by atoms with E-state index in [-0.39, 0.29) is 16.5 Å². The van der Waals surface area contributed by atoms with E-state index in [9.17, 15) is 4.79 Å². The molecule has 20 heavy (non-hydrogen) atoms. The average Bonchev–Trinajstić information content (AvgIpc) is 2.33. The Labute approximate surface area is 135 Å². The first kappa shape index (κ1) is 15.4. The summed E-state index contributed by atoms with van der Waals surface area (Å²) in [5.41, 5.74) is 1.30. The average molecular weight is 351 g/mol. The molecular weight excluding hydrogens is 344 g/mol. The summed E-state index contributed by atoms with van der Waals surface area (Å²) in [5.74, 6) is -1.00. The molecule has 1 N–H and O–H groups in total. The van der Waals surface area contributed by atoms with E-state index >= 15 is 0 Å². The van der Waals surface area contributed by atoms with Crippen molar-refractivity contribution in [3.05, 3.63) is 50.0 Å². The highest BCUT2D eigenvalue weighted by Crippen LogP contribution is 2.37. The minimum atomic E-state index is -1.00. The smallest absolute Gasteiger partial charge is 0.307 e. The zero-order valence-corrected chi connectivity index (χ0v) is 12.9. The predicted molar refractivity (Wildman–Crippen MR) is 81.1 cm³/mol. The van der Waals surface area contributed by atoms with Crippen molar-refractivity contribution in [2.75, 3.05) is 0 Å². The molecule has 0 aliphatic heterocycles. The van der Waals surface area contributed by atoms with Gasteiger partial charge in [0.2, 0.25) is 0 Å². The number of nitrogens with zero attached hydrogens (tertiary/aromatic N) is 1. The minimum Gasteiger partial charge on any atom is -0.481 e. The fraction of sp³-hybridized carbons (Fsp3) is 0.0769. The molecule has 7 heteroatoms. The summed E-state index contributed by atoms with van der Waals surface area (Å²) >= 11 is 23.9. The zero-order valence-electron chi connectivity index (χ0n) is 9.83. The van der Waals surface area contributed by atoms with Crippen LogP contribution in [0.15, 0.2) is 24.4 Å². The summed E-state index contributed by atoms with van der Waals surface area (Å²) in [7, 11) is 0. The van der Waals surface area contributed by atoms with Gasteiger partial charge in [-0.2, -0.15) is 0 Å². The van der Waals surface area contributed by atoms with Crippen LogP contribution in [-0.2, 0) is 11.2 Å². The van der Waals surface area contributed by atoms with Crippen molar-refractivity contribution < 1.29 is 9.90 Å². The summed E-state index contributed by atoms with van der Waals surface area (Å²) in [6.45, 7) is 0. The van der Waals surface area contributed by atoms with Crippen LogP contribution in [0.1, 0.15) is 5.56 Å². The third kappa shape index (κ3) is 3.36. The minimum absolute atomic E-state index is 0.233. The maximum atomic E-state index is 10.9. The number of hydrogen-bond donors (Lipinski definition) is 1.